The number of hydrogen-bond donors (Lipinski definition) is 3. The van der Waals surface area contributed by atoms with Gasteiger partial charge in [-0.25, -0.2) is 19.3 Å². The third-order valence-corrected chi connectivity index (χ3v) is 5.85. The minimum atomic E-state index is -2.14. The number of aliphatic hydroxyl groups excluding tert-OH is 1. The van der Waals surface area contributed by atoms with E-state index in [2.05, 4.69) is 20.3 Å². The highest BCUT2D eigenvalue weighted by molar-refractivity contribution is 5.82. The summed E-state index contributed by atoms with van der Waals surface area (Å²) in [5, 5.41) is 23.4. The van der Waals surface area contributed by atoms with Gasteiger partial charge in [-0.05, 0) is 26.7 Å². The van der Waals surface area contributed by atoms with E-state index in [9.17, 15) is 10.2 Å². The number of anilines is 1. The first kappa shape index (κ1) is 17.6. The summed E-state index contributed by atoms with van der Waals surface area (Å²) < 4.78 is 22.5. The highest BCUT2D eigenvalue weighted by Crippen LogP contribution is 2.48. The van der Waals surface area contributed by atoms with Crippen molar-refractivity contribution in [2.45, 2.75) is 69.2 Å². The summed E-state index contributed by atoms with van der Waals surface area (Å²) in [6.07, 6.45) is 5.19. The van der Waals surface area contributed by atoms with Crippen molar-refractivity contribution in [1.29, 1.82) is 0 Å². The van der Waals surface area contributed by atoms with Gasteiger partial charge in [0, 0.05) is 6.04 Å². The lowest BCUT2D eigenvalue weighted by Gasteiger charge is -2.32. The van der Waals surface area contributed by atoms with Gasteiger partial charge >= 0.3 is 0 Å². The fourth-order valence-corrected chi connectivity index (χ4v) is 3.92. The molecule has 4 rings (SSSR count). The molecule has 0 bridgehead atoms. The molecule has 0 spiro atoms. The van der Waals surface area contributed by atoms with Crippen molar-refractivity contribution in [2.75, 3.05) is 11.9 Å². The van der Waals surface area contributed by atoms with E-state index in [0.717, 1.165) is 12.8 Å². The normalized spacial score (nSPS) is 35.4. The summed E-state index contributed by atoms with van der Waals surface area (Å²) in [7, 11) is 0. The van der Waals surface area contributed by atoms with Gasteiger partial charge in [0.25, 0.3) is 0 Å². The predicted octanol–water partition coefficient (Wildman–Crippen LogP) is 1.55. The van der Waals surface area contributed by atoms with Crippen molar-refractivity contribution in [2.24, 2.45) is 0 Å². The zero-order valence-electron chi connectivity index (χ0n) is 14.9. The Morgan fingerprint density at radius 1 is 1.31 bits per heavy atom. The van der Waals surface area contributed by atoms with Crippen LogP contribution in [-0.2, 0) is 4.74 Å². The minimum Gasteiger partial charge on any atom is -0.394 e. The Kier molecular flexibility index (Phi) is 4.13. The van der Waals surface area contributed by atoms with Gasteiger partial charge in [-0.3, -0.25) is 4.57 Å². The first-order valence-corrected chi connectivity index (χ1v) is 8.98. The second kappa shape index (κ2) is 6.11. The Hall–Kier alpha value is -1.84. The van der Waals surface area contributed by atoms with Crippen molar-refractivity contribution < 1.29 is 19.3 Å². The van der Waals surface area contributed by atoms with Crippen LogP contribution in [0.15, 0.2) is 12.7 Å². The SMILES string of the molecule is C[C@]1(F)[C@@H](n2cnc3c(NC4CCCC4)ncnc32)O[C@H](CO)[C@@]1(C)O. The fourth-order valence-electron chi connectivity index (χ4n) is 3.92. The molecule has 1 saturated carbocycles. The van der Waals surface area contributed by atoms with Gasteiger partial charge < -0.3 is 20.3 Å². The summed E-state index contributed by atoms with van der Waals surface area (Å²) >= 11 is 0. The molecule has 2 aromatic heterocycles. The number of alkyl halides is 1. The van der Waals surface area contributed by atoms with E-state index in [0.29, 0.717) is 23.0 Å². The van der Waals surface area contributed by atoms with Gasteiger partial charge in [0.15, 0.2) is 28.9 Å². The molecule has 2 fully saturated rings. The van der Waals surface area contributed by atoms with Crippen LogP contribution in [0.1, 0.15) is 45.8 Å². The Bertz CT molecular complexity index is 803. The molecule has 1 saturated heterocycles. The summed E-state index contributed by atoms with van der Waals surface area (Å²) in [4.78, 5) is 12.9. The quantitative estimate of drug-likeness (QED) is 0.755. The molecule has 4 atom stereocenters. The lowest BCUT2D eigenvalue weighted by molar-refractivity contribution is -0.0891. The number of aromatic nitrogens is 4. The third-order valence-electron chi connectivity index (χ3n) is 5.85. The molecule has 1 aliphatic heterocycles. The second-order valence-electron chi connectivity index (χ2n) is 7.55. The molecule has 26 heavy (non-hydrogen) atoms. The second-order valence-corrected chi connectivity index (χ2v) is 7.55. The van der Waals surface area contributed by atoms with Crippen LogP contribution in [0.3, 0.4) is 0 Å². The van der Waals surface area contributed by atoms with Gasteiger partial charge in [-0.2, -0.15) is 0 Å². The van der Waals surface area contributed by atoms with Gasteiger partial charge in [-0.15, -0.1) is 0 Å². The van der Waals surface area contributed by atoms with Crippen LogP contribution in [0.25, 0.3) is 11.2 Å². The van der Waals surface area contributed by atoms with Crippen molar-refractivity contribution in [3.63, 3.8) is 0 Å². The molecular weight excluding hydrogens is 341 g/mol. The molecule has 3 N–H and O–H groups in total. The average Bonchev–Trinajstić information content (AvgIpc) is 3.28. The average molecular weight is 365 g/mol. The maximum atomic E-state index is 15.4. The van der Waals surface area contributed by atoms with Crippen LogP contribution in [0.2, 0.25) is 0 Å². The molecular formula is C17H24FN5O3. The highest BCUT2D eigenvalue weighted by atomic mass is 19.1. The largest absolute Gasteiger partial charge is 0.394 e. The molecule has 142 valence electrons. The first-order valence-electron chi connectivity index (χ1n) is 8.98. The molecule has 3 heterocycles. The Morgan fingerprint density at radius 2 is 2.04 bits per heavy atom. The van der Waals surface area contributed by atoms with E-state index in [1.54, 1.807) is 0 Å². The number of ether oxygens (including phenoxy) is 1. The van der Waals surface area contributed by atoms with Crippen molar-refractivity contribution in [3.05, 3.63) is 12.7 Å². The molecule has 2 aliphatic rings. The molecule has 0 aromatic carbocycles. The van der Waals surface area contributed by atoms with E-state index in [-0.39, 0.29) is 0 Å². The van der Waals surface area contributed by atoms with E-state index in [1.165, 1.54) is 43.9 Å². The molecule has 9 heteroatoms. The summed E-state index contributed by atoms with van der Waals surface area (Å²) in [6.45, 7) is 2.10. The van der Waals surface area contributed by atoms with Crippen LogP contribution in [0.5, 0.6) is 0 Å². The summed E-state index contributed by atoms with van der Waals surface area (Å²) in [5.41, 5.74) is -3.03. The number of halogens is 1. The Labute approximate surface area is 150 Å². The van der Waals surface area contributed by atoms with Gasteiger partial charge in [0.05, 0.1) is 12.9 Å². The molecule has 0 unspecified atom stereocenters. The van der Waals surface area contributed by atoms with E-state index >= 15 is 4.39 Å². The molecule has 0 radical (unpaired) electrons. The van der Waals surface area contributed by atoms with Gasteiger partial charge in [-0.1, -0.05) is 12.8 Å². The van der Waals surface area contributed by atoms with Crippen molar-refractivity contribution >= 4 is 17.0 Å². The molecule has 8 nitrogen and oxygen atoms in total. The van der Waals surface area contributed by atoms with E-state index in [1.807, 2.05) is 0 Å². The summed E-state index contributed by atoms with van der Waals surface area (Å²) in [5.74, 6) is 0.615. The molecule has 1 aliphatic carbocycles. The zero-order chi connectivity index (χ0) is 18.5. The third kappa shape index (κ3) is 2.49. The lowest BCUT2D eigenvalue weighted by atomic mass is 9.85. The molecule has 0 amide bonds. The van der Waals surface area contributed by atoms with Crippen molar-refractivity contribution in [1.82, 2.24) is 19.5 Å². The maximum Gasteiger partial charge on any atom is 0.183 e. The lowest BCUT2D eigenvalue weighted by Crippen LogP contribution is -2.51. The van der Waals surface area contributed by atoms with Crippen LogP contribution in [0.4, 0.5) is 10.2 Å². The summed E-state index contributed by atoms with van der Waals surface area (Å²) in [6, 6.07) is 0.354. The first-order chi connectivity index (χ1) is 12.4. The number of hydrogen-bond acceptors (Lipinski definition) is 7. The smallest absolute Gasteiger partial charge is 0.183 e. The van der Waals surface area contributed by atoms with Gasteiger partial charge in [0.1, 0.15) is 18.0 Å². The Morgan fingerprint density at radius 3 is 2.69 bits per heavy atom. The predicted molar refractivity (Wildman–Crippen MR) is 92.3 cm³/mol. The monoisotopic (exact) mass is 365 g/mol. The topological polar surface area (TPSA) is 105 Å². The maximum absolute atomic E-state index is 15.4. The number of nitrogens with one attached hydrogen (secondary N) is 1. The number of fused-ring (bicyclic) bond motifs is 1. The molecule has 2 aromatic rings. The van der Waals surface area contributed by atoms with Crippen LogP contribution in [0, 0.1) is 0 Å². The van der Waals surface area contributed by atoms with Crippen LogP contribution >= 0.6 is 0 Å². The number of nitrogens with zero attached hydrogens (tertiary/aromatic N) is 4. The minimum absolute atomic E-state index is 0.354. The fraction of sp³-hybridized carbons (Fsp3) is 0.706. The number of aliphatic hydroxyl groups is 2. The standard InChI is InChI=1S/C17H24FN5O3/c1-16(18)15(26-11(7-24)17(16,2)25)23-9-21-12-13(19-8-20-14(12)23)22-10-5-3-4-6-10/h8-11,15,24-25H,3-7H2,1-2H3,(H,19,20,22)/t11-,15+,16+,17-/m1/s1. The van der Waals surface area contributed by atoms with Crippen molar-refractivity contribution in [3.8, 4) is 0 Å². The van der Waals surface area contributed by atoms with E-state index < -0.39 is 30.2 Å². The Balaban J connectivity index is 1.72. The highest BCUT2D eigenvalue weighted by Gasteiger charge is 2.63. The number of imidazole rings is 1. The van der Waals surface area contributed by atoms with Crippen LogP contribution < -0.4 is 5.32 Å². The van der Waals surface area contributed by atoms with Crippen LogP contribution in [-0.4, -0.2) is 59.8 Å². The zero-order valence-corrected chi connectivity index (χ0v) is 14.9. The van der Waals surface area contributed by atoms with Gasteiger partial charge in [0.2, 0.25) is 0 Å². The van der Waals surface area contributed by atoms with E-state index in [4.69, 9.17) is 4.74 Å². The number of rotatable bonds is 4.